The van der Waals surface area contributed by atoms with Crippen LogP contribution in [0.5, 0.6) is 0 Å². The largest absolute Gasteiger partial charge is 0.450 e. The number of likely N-dealkylation sites (tertiary alicyclic amines) is 1. The van der Waals surface area contributed by atoms with Crippen molar-refractivity contribution in [2.24, 2.45) is 0 Å². The monoisotopic (exact) mass is 319 g/mol. The lowest BCUT2D eigenvalue weighted by Gasteiger charge is -2.12. The Morgan fingerprint density at radius 3 is 2.83 bits per heavy atom. The fourth-order valence-electron chi connectivity index (χ4n) is 2.59. The maximum absolute atomic E-state index is 13.7. The van der Waals surface area contributed by atoms with Crippen LogP contribution in [-0.4, -0.2) is 35.8 Å². The Labute approximate surface area is 130 Å². The number of hydrogen-bond donors (Lipinski definition) is 0. The van der Waals surface area contributed by atoms with Gasteiger partial charge in [0, 0.05) is 23.9 Å². The smallest absolute Gasteiger partial charge is 0.375 e. The molecule has 2 amide bonds. The van der Waals surface area contributed by atoms with E-state index in [1.54, 1.807) is 13.0 Å². The molecule has 2 aromatic rings. The molecule has 2 heterocycles. The minimum absolute atomic E-state index is 0.0296. The second-order valence-corrected chi connectivity index (χ2v) is 5.29. The number of nitrogens with zero attached hydrogens (tertiary/aromatic N) is 1. The summed E-state index contributed by atoms with van der Waals surface area (Å²) in [6, 6.07) is 4.36. The zero-order chi connectivity index (χ0) is 16.6. The molecule has 23 heavy (non-hydrogen) atoms. The van der Waals surface area contributed by atoms with Crippen molar-refractivity contribution >= 4 is 28.8 Å². The maximum Gasteiger partial charge on any atom is 0.375 e. The van der Waals surface area contributed by atoms with Crippen LogP contribution >= 0.6 is 0 Å². The Morgan fingerprint density at radius 1 is 1.39 bits per heavy atom. The summed E-state index contributed by atoms with van der Waals surface area (Å²) in [6.07, 6.45) is 0.933. The quantitative estimate of drug-likeness (QED) is 0.811. The highest BCUT2D eigenvalue weighted by atomic mass is 19.1. The van der Waals surface area contributed by atoms with E-state index in [2.05, 4.69) is 0 Å². The van der Waals surface area contributed by atoms with Crippen LogP contribution in [0.3, 0.4) is 0 Å². The molecule has 1 aromatic carbocycles. The molecule has 0 aliphatic carbocycles. The van der Waals surface area contributed by atoms with Crippen LogP contribution in [0.25, 0.3) is 11.0 Å². The van der Waals surface area contributed by atoms with Crippen molar-refractivity contribution in [3.63, 3.8) is 0 Å². The molecule has 3 rings (SSSR count). The standard InChI is InChI=1S/C16H14FNO5/c1-9-10-4-2-5-11(17)15(10)23-14(9)16(21)22-8-13(20)18-7-3-6-12(18)19/h2,4-5H,3,6-8H2,1H3. The Kier molecular flexibility index (Phi) is 3.85. The van der Waals surface area contributed by atoms with E-state index < -0.39 is 24.3 Å². The fraction of sp³-hybridized carbons (Fsp3) is 0.312. The van der Waals surface area contributed by atoms with E-state index in [4.69, 9.17) is 9.15 Å². The number of fused-ring (bicyclic) bond motifs is 1. The molecule has 1 aliphatic rings. The van der Waals surface area contributed by atoms with Gasteiger partial charge >= 0.3 is 5.97 Å². The van der Waals surface area contributed by atoms with Gasteiger partial charge in [-0.2, -0.15) is 0 Å². The topological polar surface area (TPSA) is 76.8 Å². The van der Waals surface area contributed by atoms with E-state index in [-0.39, 0.29) is 17.3 Å². The number of rotatable bonds is 3. The normalized spacial score (nSPS) is 14.5. The summed E-state index contributed by atoms with van der Waals surface area (Å²) in [5, 5.41) is 0.470. The van der Waals surface area contributed by atoms with Gasteiger partial charge in [0.25, 0.3) is 5.91 Å². The number of furan rings is 1. The lowest BCUT2D eigenvalue weighted by Crippen LogP contribution is -2.35. The summed E-state index contributed by atoms with van der Waals surface area (Å²) < 4.78 is 23.8. The molecule has 0 atom stereocenters. The number of amides is 2. The minimum Gasteiger partial charge on any atom is -0.450 e. The number of carbonyl (C=O) groups is 3. The molecule has 0 bridgehead atoms. The number of esters is 1. The Hall–Kier alpha value is -2.70. The average Bonchev–Trinajstić information content (AvgIpc) is 3.10. The molecule has 0 spiro atoms. The van der Waals surface area contributed by atoms with Gasteiger partial charge in [-0.15, -0.1) is 0 Å². The first-order valence-electron chi connectivity index (χ1n) is 7.17. The van der Waals surface area contributed by atoms with Gasteiger partial charge in [-0.05, 0) is 19.4 Å². The Morgan fingerprint density at radius 2 is 2.17 bits per heavy atom. The van der Waals surface area contributed by atoms with Gasteiger partial charge in [0.1, 0.15) is 0 Å². The molecule has 7 heteroatoms. The number of benzene rings is 1. The second-order valence-electron chi connectivity index (χ2n) is 5.29. The molecule has 6 nitrogen and oxygen atoms in total. The number of carbonyl (C=O) groups excluding carboxylic acids is 3. The molecule has 0 unspecified atom stereocenters. The van der Waals surface area contributed by atoms with Crippen LogP contribution in [-0.2, 0) is 14.3 Å². The number of imide groups is 1. The molecule has 1 fully saturated rings. The Balaban J connectivity index is 1.74. The summed E-state index contributed by atoms with van der Waals surface area (Å²) >= 11 is 0. The van der Waals surface area contributed by atoms with Crippen LogP contribution in [0.15, 0.2) is 22.6 Å². The first-order chi connectivity index (χ1) is 11.0. The lowest BCUT2D eigenvalue weighted by atomic mass is 10.1. The molecule has 0 radical (unpaired) electrons. The SMILES string of the molecule is Cc1c(C(=O)OCC(=O)N2CCCC2=O)oc2c(F)cccc12. The van der Waals surface area contributed by atoms with Crippen molar-refractivity contribution in [2.45, 2.75) is 19.8 Å². The fourth-order valence-corrected chi connectivity index (χ4v) is 2.59. The van der Waals surface area contributed by atoms with E-state index in [0.29, 0.717) is 30.3 Å². The van der Waals surface area contributed by atoms with E-state index in [9.17, 15) is 18.8 Å². The van der Waals surface area contributed by atoms with Gasteiger partial charge < -0.3 is 9.15 Å². The summed E-state index contributed by atoms with van der Waals surface area (Å²) in [7, 11) is 0. The molecule has 1 saturated heterocycles. The van der Waals surface area contributed by atoms with Crippen molar-refractivity contribution in [3.8, 4) is 0 Å². The van der Waals surface area contributed by atoms with Gasteiger partial charge in [0.15, 0.2) is 18.0 Å². The van der Waals surface area contributed by atoms with Crippen LogP contribution in [0.2, 0.25) is 0 Å². The summed E-state index contributed by atoms with van der Waals surface area (Å²) in [5.41, 5.74) is 0.409. The lowest BCUT2D eigenvalue weighted by molar-refractivity contribution is -0.143. The molecule has 0 saturated carbocycles. The van der Waals surface area contributed by atoms with Crippen molar-refractivity contribution in [2.75, 3.05) is 13.2 Å². The average molecular weight is 319 g/mol. The zero-order valence-corrected chi connectivity index (χ0v) is 12.4. The van der Waals surface area contributed by atoms with E-state index in [1.807, 2.05) is 0 Å². The second kappa shape index (κ2) is 5.83. The highest BCUT2D eigenvalue weighted by Crippen LogP contribution is 2.27. The predicted molar refractivity (Wildman–Crippen MR) is 77.1 cm³/mol. The van der Waals surface area contributed by atoms with Crippen LogP contribution in [0, 0.1) is 12.7 Å². The van der Waals surface area contributed by atoms with E-state index >= 15 is 0 Å². The van der Waals surface area contributed by atoms with Crippen LogP contribution in [0.4, 0.5) is 4.39 Å². The summed E-state index contributed by atoms with van der Waals surface area (Å²) in [6.45, 7) is 1.39. The van der Waals surface area contributed by atoms with Gasteiger partial charge in [-0.25, -0.2) is 9.18 Å². The van der Waals surface area contributed by atoms with Crippen molar-refractivity contribution in [1.29, 1.82) is 0 Å². The summed E-state index contributed by atoms with van der Waals surface area (Å²) in [5.74, 6) is -2.43. The van der Waals surface area contributed by atoms with Crippen molar-refractivity contribution in [1.82, 2.24) is 4.90 Å². The third-order valence-corrected chi connectivity index (χ3v) is 3.80. The minimum atomic E-state index is -0.863. The number of para-hydroxylation sites is 1. The molecule has 0 N–H and O–H groups in total. The van der Waals surface area contributed by atoms with Crippen LogP contribution in [0.1, 0.15) is 29.0 Å². The summed E-state index contributed by atoms with van der Waals surface area (Å²) in [4.78, 5) is 36.4. The van der Waals surface area contributed by atoms with Gasteiger partial charge in [0.2, 0.25) is 11.7 Å². The number of ether oxygens (including phenoxy) is 1. The Bertz CT molecular complexity index is 810. The predicted octanol–water partition coefficient (Wildman–Crippen LogP) is 2.19. The van der Waals surface area contributed by atoms with E-state index in [0.717, 1.165) is 4.90 Å². The maximum atomic E-state index is 13.7. The molecule has 120 valence electrons. The molecular formula is C16H14FNO5. The van der Waals surface area contributed by atoms with Gasteiger partial charge in [0.05, 0.1) is 0 Å². The van der Waals surface area contributed by atoms with Crippen molar-refractivity contribution < 1.29 is 27.9 Å². The van der Waals surface area contributed by atoms with Gasteiger partial charge in [-0.3, -0.25) is 14.5 Å². The molecule has 1 aliphatic heterocycles. The van der Waals surface area contributed by atoms with Crippen LogP contribution < -0.4 is 0 Å². The third-order valence-electron chi connectivity index (χ3n) is 3.80. The zero-order valence-electron chi connectivity index (χ0n) is 12.4. The van der Waals surface area contributed by atoms with Crippen molar-refractivity contribution in [3.05, 3.63) is 35.3 Å². The highest BCUT2D eigenvalue weighted by molar-refractivity contribution is 5.99. The number of hydrogen-bond acceptors (Lipinski definition) is 5. The molecular weight excluding hydrogens is 305 g/mol. The third kappa shape index (κ3) is 2.69. The first kappa shape index (κ1) is 15.2. The van der Waals surface area contributed by atoms with Gasteiger partial charge in [-0.1, -0.05) is 12.1 Å². The number of aryl methyl sites for hydroxylation is 1. The molecule has 1 aromatic heterocycles. The first-order valence-corrected chi connectivity index (χ1v) is 7.17. The van der Waals surface area contributed by atoms with E-state index in [1.165, 1.54) is 12.1 Å². The highest BCUT2D eigenvalue weighted by Gasteiger charge is 2.28. The number of halogens is 1.